The van der Waals surface area contributed by atoms with Crippen LogP contribution in [0.2, 0.25) is 0 Å². The molecule has 2 heteroatoms. The Balaban J connectivity index is 2.41. The van der Waals surface area contributed by atoms with Crippen LogP contribution in [0.25, 0.3) is 0 Å². The van der Waals surface area contributed by atoms with Crippen LogP contribution in [0.3, 0.4) is 0 Å². The monoisotopic (exact) mass is 233 g/mol. The molecule has 1 unspecified atom stereocenters. The van der Waals surface area contributed by atoms with Crippen LogP contribution < -0.4 is 10.1 Å². The number of benzene rings is 1. The minimum atomic E-state index is 0.398. The van der Waals surface area contributed by atoms with Gasteiger partial charge in [-0.25, -0.2) is 0 Å². The fraction of sp³-hybridized carbons (Fsp3) is 0.467. The number of rotatable bonds is 8. The van der Waals surface area contributed by atoms with Crippen molar-refractivity contribution in [1.29, 1.82) is 0 Å². The molecule has 0 aromatic heterocycles. The second kappa shape index (κ2) is 7.91. The molecular formula is C15H23NO. The molecule has 0 amide bonds. The van der Waals surface area contributed by atoms with Gasteiger partial charge in [-0.15, -0.1) is 6.58 Å². The van der Waals surface area contributed by atoms with Crippen LogP contribution in [0.15, 0.2) is 36.9 Å². The van der Waals surface area contributed by atoms with E-state index in [1.165, 1.54) is 5.56 Å². The van der Waals surface area contributed by atoms with Gasteiger partial charge in [-0.3, -0.25) is 0 Å². The molecule has 0 heterocycles. The summed E-state index contributed by atoms with van der Waals surface area (Å²) in [5, 5.41) is 3.39. The van der Waals surface area contributed by atoms with Gasteiger partial charge in [0.15, 0.2) is 0 Å². The molecule has 0 bridgehead atoms. The summed E-state index contributed by atoms with van der Waals surface area (Å²) in [6.07, 6.45) is 3.96. The van der Waals surface area contributed by atoms with E-state index in [-0.39, 0.29) is 0 Å². The Bertz CT molecular complexity index is 318. The predicted molar refractivity (Wildman–Crippen MR) is 73.5 cm³/mol. The van der Waals surface area contributed by atoms with E-state index in [0.29, 0.717) is 6.04 Å². The molecule has 94 valence electrons. The highest BCUT2D eigenvalue weighted by Crippen LogP contribution is 2.17. The topological polar surface area (TPSA) is 21.3 Å². The van der Waals surface area contributed by atoms with Crippen molar-refractivity contribution in [2.75, 3.05) is 13.2 Å². The molecule has 1 aromatic carbocycles. The number of ether oxygens (including phenoxy) is 1. The number of unbranched alkanes of at least 4 members (excludes halogenated alkanes) is 1. The number of nitrogens with one attached hydrogen (secondary N) is 1. The van der Waals surface area contributed by atoms with Gasteiger partial charge in [-0.1, -0.05) is 25.1 Å². The molecule has 0 spiro atoms. The smallest absolute Gasteiger partial charge is 0.119 e. The van der Waals surface area contributed by atoms with Crippen LogP contribution in [0.5, 0.6) is 5.75 Å². The minimum absolute atomic E-state index is 0.398. The number of hydrogen-bond donors (Lipinski definition) is 1. The van der Waals surface area contributed by atoms with Crippen molar-refractivity contribution in [2.24, 2.45) is 0 Å². The lowest BCUT2D eigenvalue weighted by molar-refractivity contribution is 0.312. The Kier molecular flexibility index (Phi) is 6.41. The van der Waals surface area contributed by atoms with Gasteiger partial charge >= 0.3 is 0 Å². The quantitative estimate of drug-likeness (QED) is 0.546. The second-order valence-electron chi connectivity index (χ2n) is 4.13. The van der Waals surface area contributed by atoms with Gasteiger partial charge < -0.3 is 10.1 Å². The molecule has 1 rings (SSSR count). The zero-order valence-corrected chi connectivity index (χ0v) is 10.9. The summed E-state index contributed by atoms with van der Waals surface area (Å²) >= 11 is 0. The van der Waals surface area contributed by atoms with E-state index in [4.69, 9.17) is 4.74 Å². The Morgan fingerprint density at radius 1 is 1.35 bits per heavy atom. The van der Waals surface area contributed by atoms with Crippen LogP contribution >= 0.6 is 0 Å². The molecule has 0 aliphatic heterocycles. The number of hydrogen-bond acceptors (Lipinski definition) is 2. The Hall–Kier alpha value is -1.28. The van der Waals surface area contributed by atoms with E-state index in [0.717, 1.165) is 31.7 Å². The first-order chi connectivity index (χ1) is 8.27. The molecule has 2 nitrogen and oxygen atoms in total. The van der Waals surface area contributed by atoms with Gasteiger partial charge in [0.2, 0.25) is 0 Å². The van der Waals surface area contributed by atoms with Crippen molar-refractivity contribution >= 4 is 0 Å². The van der Waals surface area contributed by atoms with Gasteiger partial charge in [-0.05, 0) is 44.0 Å². The largest absolute Gasteiger partial charge is 0.494 e. The molecule has 1 atom stereocenters. The van der Waals surface area contributed by atoms with Gasteiger partial charge in [0.25, 0.3) is 0 Å². The van der Waals surface area contributed by atoms with Gasteiger partial charge in [0.05, 0.1) is 6.61 Å². The first kappa shape index (κ1) is 13.8. The standard InChI is InChI=1S/C15H23NO/c1-4-6-7-12-17-15-10-8-14(9-11-15)13(3)16-5-2/h4,8-11,13,16H,1,5-7,12H2,2-3H3. The summed E-state index contributed by atoms with van der Waals surface area (Å²) in [4.78, 5) is 0. The third-order valence-electron chi connectivity index (χ3n) is 2.71. The molecule has 0 saturated heterocycles. The summed E-state index contributed by atoms with van der Waals surface area (Å²) in [5.41, 5.74) is 1.30. The minimum Gasteiger partial charge on any atom is -0.494 e. The van der Waals surface area contributed by atoms with E-state index in [2.05, 4.69) is 37.9 Å². The maximum absolute atomic E-state index is 5.63. The Morgan fingerprint density at radius 2 is 2.06 bits per heavy atom. The van der Waals surface area contributed by atoms with Crippen LogP contribution in [-0.4, -0.2) is 13.2 Å². The van der Waals surface area contributed by atoms with Crippen LogP contribution in [0, 0.1) is 0 Å². The highest BCUT2D eigenvalue weighted by atomic mass is 16.5. The summed E-state index contributed by atoms with van der Waals surface area (Å²) in [7, 11) is 0. The summed E-state index contributed by atoms with van der Waals surface area (Å²) in [6.45, 7) is 9.73. The van der Waals surface area contributed by atoms with Gasteiger partial charge in [-0.2, -0.15) is 0 Å². The van der Waals surface area contributed by atoms with Crippen molar-refractivity contribution in [3.8, 4) is 5.75 Å². The van der Waals surface area contributed by atoms with Crippen LogP contribution in [-0.2, 0) is 0 Å². The third-order valence-corrected chi connectivity index (χ3v) is 2.71. The van der Waals surface area contributed by atoms with Crippen LogP contribution in [0.4, 0.5) is 0 Å². The molecule has 0 fully saturated rings. The molecular weight excluding hydrogens is 210 g/mol. The lowest BCUT2D eigenvalue weighted by Gasteiger charge is -2.13. The Morgan fingerprint density at radius 3 is 2.65 bits per heavy atom. The van der Waals surface area contributed by atoms with Crippen molar-refractivity contribution in [2.45, 2.75) is 32.7 Å². The highest BCUT2D eigenvalue weighted by Gasteiger charge is 2.03. The summed E-state index contributed by atoms with van der Waals surface area (Å²) < 4.78 is 5.63. The van der Waals surface area contributed by atoms with Crippen molar-refractivity contribution in [3.63, 3.8) is 0 Å². The van der Waals surface area contributed by atoms with E-state index in [9.17, 15) is 0 Å². The van der Waals surface area contributed by atoms with E-state index in [1.807, 2.05) is 18.2 Å². The van der Waals surface area contributed by atoms with Crippen molar-refractivity contribution in [3.05, 3.63) is 42.5 Å². The first-order valence-corrected chi connectivity index (χ1v) is 6.35. The molecule has 0 aliphatic rings. The average Bonchev–Trinajstić information content (AvgIpc) is 2.36. The highest BCUT2D eigenvalue weighted by molar-refractivity contribution is 5.28. The molecule has 1 aromatic rings. The lowest BCUT2D eigenvalue weighted by atomic mass is 10.1. The molecule has 0 radical (unpaired) electrons. The van der Waals surface area contributed by atoms with Gasteiger partial charge in [0.1, 0.15) is 5.75 Å². The average molecular weight is 233 g/mol. The van der Waals surface area contributed by atoms with Crippen molar-refractivity contribution < 1.29 is 4.74 Å². The van der Waals surface area contributed by atoms with Crippen LogP contribution in [0.1, 0.15) is 38.3 Å². The molecule has 1 N–H and O–H groups in total. The Labute approximate surface area is 105 Å². The molecule has 0 saturated carbocycles. The fourth-order valence-corrected chi connectivity index (χ4v) is 1.69. The third kappa shape index (κ3) is 5.05. The van der Waals surface area contributed by atoms with E-state index >= 15 is 0 Å². The maximum Gasteiger partial charge on any atom is 0.119 e. The lowest BCUT2D eigenvalue weighted by Crippen LogP contribution is -2.17. The zero-order chi connectivity index (χ0) is 12.5. The number of allylic oxidation sites excluding steroid dienone is 1. The summed E-state index contributed by atoms with van der Waals surface area (Å²) in [6, 6.07) is 8.72. The molecule has 17 heavy (non-hydrogen) atoms. The van der Waals surface area contributed by atoms with E-state index < -0.39 is 0 Å². The van der Waals surface area contributed by atoms with Gasteiger partial charge in [0, 0.05) is 6.04 Å². The predicted octanol–water partition coefficient (Wildman–Crippen LogP) is 3.70. The second-order valence-corrected chi connectivity index (χ2v) is 4.13. The fourth-order valence-electron chi connectivity index (χ4n) is 1.69. The van der Waals surface area contributed by atoms with Crippen molar-refractivity contribution in [1.82, 2.24) is 5.32 Å². The normalized spacial score (nSPS) is 12.1. The molecule has 0 aliphatic carbocycles. The maximum atomic E-state index is 5.63. The SMILES string of the molecule is C=CCCCOc1ccc(C(C)NCC)cc1. The van der Waals surface area contributed by atoms with E-state index in [1.54, 1.807) is 0 Å². The summed E-state index contributed by atoms with van der Waals surface area (Å²) in [5.74, 6) is 0.946. The zero-order valence-electron chi connectivity index (χ0n) is 10.9. The first-order valence-electron chi connectivity index (χ1n) is 6.35.